The van der Waals surface area contributed by atoms with Crippen LogP contribution in [-0.4, -0.2) is 29.4 Å². The van der Waals surface area contributed by atoms with Crippen molar-refractivity contribution in [3.05, 3.63) is 35.9 Å². The van der Waals surface area contributed by atoms with E-state index in [0.29, 0.717) is 23.9 Å². The van der Waals surface area contributed by atoms with Gasteiger partial charge in [0, 0.05) is 31.6 Å². The van der Waals surface area contributed by atoms with Crippen LogP contribution in [0.1, 0.15) is 51.0 Å². The summed E-state index contributed by atoms with van der Waals surface area (Å²) in [4.78, 5) is 14.8. The molecular weight excluding hydrogens is 272 g/mol. The molecule has 2 bridgehead atoms. The Bertz CT molecular complexity index is 475. The maximum absolute atomic E-state index is 12.7. The van der Waals surface area contributed by atoms with Crippen LogP contribution in [0.5, 0.6) is 0 Å². The molecule has 1 aromatic rings. The SMILES string of the molecule is CCCN(Cc1ccccc1)C(=O)CC1CC2CCC(C1)N2. The number of hydrogen-bond donors (Lipinski definition) is 1. The Kier molecular flexibility index (Phi) is 5.14. The van der Waals surface area contributed by atoms with Gasteiger partial charge in [-0.15, -0.1) is 0 Å². The summed E-state index contributed by atoms with van der Waals surface area (Å²) in [5.41, 5.74) is 1.23. The molecule has 1 amide bonds. The lowest BCUT2D eigenvalue weighted by molar-refractivity contribution is -0.133. The van der Waals surface area contributed by atoms with Crippen LogP contribution in [0.3, 0.4) is 0 Å². The zero-order chi connectivity index (χ0) is 15.4. The molecule has 0 radical (unpaired) electrons. The number of nitrogens with one attached hydrogen (secondary N) is 1. The Labute approximate surface area is 134 Å². The lowest BCUT2D eigenvalue weighted by Gasteiger charge is -2.31. The van der Waals surface area contributed by atoms with Crippen LogP contribution in [0.25, 0.3) is 0 Å². The van der Waals surface area contributed by atoms with Crippen LogP contribution in [0.15, 0.2) is 30.3 Å². The normalized spacial score (nSPS) is 26.9. The Morgan fingerprint density at radius 1 is 1.18 bits per heavy atom. The van der Waals surface area contributed by atoms with Gasteiger partial charge >= 0.3 is 0 Å². The van der Waals surface area contributed by atoms with Gasteiger partial charge in [0.1, 0.15) is 0 Å². The van der Waals surface area contributed by atoms with E-state index in [-0.39, 0.29) is 0 Å². The second-order valence-corrected chi connectivity index (χ2v) is 6.98. The number of carbonyl (C=O) groups is 1. The van der Waals surface area contributed by atoms with E-state index < -0.39 is 0 Å². The van der Waals surface area contributed by atoms with E-state index >= 15 is 0 Å². The van der Waals surface area contributed by atoms with E-state index in [4.69, 9.17) is 0 Å². The number of rotatable bonds is 6. The lowest BCUT2D eigenvalue weighted by Crippen LogP contribution is -2.40. The largest absolute Gasteiger partial charge is 0.338 e. The predicted molar refractivity (Wildman–Crippen MR) is 89.4 cm³/mol. The van der Waals surface area contributed by atoms with Crippen LogP contribution in [0.4, 0.5) is 0 Å². The molecule has 2 atom stereocenters. The molecule has 120 valence electrons. The molecular formula is C19H28N2O. The summed E-state index contributed by atoms with van der Waals surface area (Å²) in [5.74, 6) is 0.929. The molecule has 3 nitrogen and oxygen atoms in total. The minimum absolute atomic E-state index is 0.344. The minimum atomic E-state index is 0.344. The van der Waals surface area contributed by atoms with Crippen molar-refractivity contribution in [1.29, 1.82) is 0 Å². The van der Waals surface area contributed by atoms with Crippen LogP contribution in [0.2, 0.25) is 0 Å². The molecule has 22 heavy (non-hydrogen) atoms. The van der Waals surface area contributed by atoms with E-state index in [0.717, 1.165) is 25.9 Å². The smallest absolute Gasteiger partial charge is 0.223 e. The Morgan fingerprint density at radius 2 is 1.86 bits per heavy atom. The Morgan fingerprint density at radius 3 is 2.50 bits per heavy atom. The van der Waals surface area contributed by atoms with Crippen molar-refractivity contribution in [3.8, 4) is 0 Å². The quantitative estimate of drug-likeness (QED) is 0.874. The Balaban J connectivity index is 1.57. The summed E-state index contributed by atoms with van der Waals surface area (Å²) in [5, 5.41) is 3.66. The second kappa shape index (κ2) is 7.28. The zero-order valence-corrected chi connectivity index (χ0v) is 13.6. The summed E-state index contributed by atoms with van der Waals surface area (Å²) in [6, 6.07) is 11.7. The second-order valence-electron chi connectivity index (χ2n) is 6.98. The number of benzene rings is 1. The fourth-order valence-electron chi connectivity index (χ4n) is 4.08. The highest BCUT2D eigenvalue weighted by atomic mass is 16.2. The molecule has 3 rings (SSSR count). The molecule has 2 saturated heterocycles. The average molecular weight is 300 g/mol. The van der Waals surface area contributed by atoms with Gasteiger partial charge in [-0.2, -0.15) is 0 Å². The molecule has 2 unspecified atom stereocenters. The van der Waals surface area contributed by atoms with E-state index in [1.165, 1.54) is 31.2 Å². The van der Waals surface area contributed by atoms with Gasteiger partial charge in [-0.05, 0) is 43.6 Å². The van der Waals surface area contributed by atoms with Gasteiger partial charge in [-0.25, -0.2) is 0 Å². The fourth-order valence-corrected chi connectivity index (χ4v) is 4.08. The standard InChI is InChI=1S/C19H28N2O/c1-2-10-21(14-15-6-4-3-5-7-15)19(22)13-16-11-17-8-9-18(12-16)20-17/h3-7,16-18,20H,2,8-14H2,1H3. The number of piperidine rings is 1. The monoisotopic (exact) mass is 300 g/mol. The summed E-state index contributed by atoms with van der Waals surface area (Å²) in [6.45, 7) is 3.77. The summed E-state index contributed by atoms with van der Waals surface area (Å²) in [6.07, 6.45) is 6.74. The average Bonchev–Trinajstić information content (AvgIpc) is 2.86. The first-order valence-electron chi connectivity index (χ1n) is 8.82. The zero-order valence-electron chi connectivity index (χ0n) is 13.6. The molecule has 2 aliphatic heterocycles. The van der Waals surface area contributed by atoms with Gasteiger partial charge in [-0.1, -0.05) is 37.3 Å². The molecule has 0 aliphatic carbocycles. The summed E-state index contributed by atoms with van der Waals surface area (Å²) < 4.78 is 0. The minimum Gasteiger partial charge on any atom is -0.338 e. The third-order valence-corrected chi connectivity index (χ3v) is 5.10. The van der Waals surface area contributed by atoms with Crippen molar-refractivity contribution in [2.45, 2.75) is 64.1 Å². The summed E-state index contributed by atoms with van der Waals surface area (Å²) in [7, 11) is 0. The van der Waals surface area contributed by atoms with Crippen molar-refractivity contribution in [3.63, 3.8) is 0 Å². The molecule has 0 saturated carbocycles. The molecule has 1 N–H and O–H groups in total. The number of carbonyl (C=O) groups excluding carboxylic acids is 1. The first kappa shape index (κ1) is 15.5. The van der Waals surface area contributed by atoms with Crippen LogP contribution in [-0.2, 0) is 11.3 Å². The van der Waals surface area contributed by atoms with Crippen molar-refractivity contribution < 1.29 is 4.79 Å². The van der Waals surface area contributed by atoms with Gasteiger partial charge in [0.2, 0.25) is 5.91 Å². The first-order valence-corrected chi connectivity index (χ1v) is 8.82. The van der Waals surface area contributed by atoms with Crippen LogP contribution in [0, 0.1) is 5.92 Å². The van der Waals surface area contributed by atoms with Crippen LogP contribution >= 0.6 is 0 Å². The maximum atomic E-state index is 12.7. The van der Waals surface area contributed by atoms with E-state index in [1.54, 1.807) is 0 Å². The van der Waals surface area contributed by atoms with Gasteiger partial charge in [-0.3, -0.25) is 4.79 Å². The van der Waals surface area contributed by atoms with Crippen LogP contribution < -0.4 is 5.32 Å². The van der Waals surface area contributed by atoms with Crippen molar-refractivity contribution in [1.82, 2.24) is 10.2 Å². The molecule has 1 aromatic carbocycles. The third-order valence-electron chi connectivity index (χ3n) is 5.10. The van der Waals surface area contributed by atoms with Crippen molar-refractivity contribution in [2.75, 3.05) is 6.54 Å². The van der Waals surface area contributed by atoms with Gasteiger partial charge < -0.3 is 10.2 Å². The number of fused-ring (bicyclic) bond motifs is 2. The van der Waals surface area contributed by atoms with E-state index in [2.05, 4.69) is 41.4 Å². The number of amides is 1. The molecule has 2 heterocycles. The number of hydrogen-bond acceptors (Lipinski definition) is 2. The first-order chi connectivity index (χ1) is 10.7. The third kappa shape index (κ3) is 3.89. The molecule has 0 spiro atoms. The highest BCUT2D eigenvalue weighted by Gasteiger charge is 2.34. The summed E-state index contributed by atoms with van der Waals surface area (Å²) >= 11 is 0. The predicted octanol–water partition coefficient (Wildman–Crippen LogP) is 3.35. The highest BCUT2D eigenvalue weighted by molar-refractivity contribution is 5.76. The van der Waals surface area contributed by atoms with Crippen molar-refractivity contribution in [2.24, 2.45) is 5.92 Å². The van der Waals surface area contributed by atoms with Crippen molar-refractivity contribution >= 4 is 5.91 Å². The lowest BCUT2D eigenvalue weighted by atomic mass is 9.89. The molecule has 2 fully saturated rings. The topological polar surface area (TPSA) is 32.3 Å². The molecule has 2 aliphatic rings. The molecule has 3 heteroatoms. The van der Waals surface area contributed by atoms with E-state index in [1.807, 2.05) is 6.07 Å². The molecule has 0 aromatic heterocycles. The fraction of sp³-hybridized carbons (Fsp3) is 0.632. The maximum Gasteiger partial charge on any atom is 0.223 e. The van der Waals surface area contributed by atoms with Gasteiger partial charge in [0.25, 0.3) is 0 Å². The van der Waals surface area contributed by atoms with Gasteiger partial charge in [0.15, 0.2) is 0 Å². The van der Waals surface area contributed by atoms with Gasteiger partial charge in [0.05, 0.1) is 0 Å². The number of nitrogens with zero attached hydrogens (tertiary/aromatic N) is 1. The Hall–Kier alpha value is -1.35. The highest BCUT2D eigenvalue weighted by Crippen LogP contribution is 2.33. The van der Waals surface area contributed by atoms with E-state index in [9.17, 15) is 4.79 Å².